The number of hydrogen-bond donors (Lipinski definition) is 1. The Morgan fingerprint density at radius 1 is 1.09 bits per heavy atom. The van der Waals surface area contributed by atoms with Crippen LogP contribution in [0.25, 0.3) is 5.65 Å². The quantitative estimate of drug-likeness (QED) is 0.524. The first kappa shape index (κ1) is 24.6. The van der Waals surface area contributed by atoms with E-state index in [0.29, 0.717) is 24.4 Å². The molecule has 0 bridgehead atoms. The highest BCUT2D eigenvalue weighted by molar-refractivity contribution is 6.06. The molecule has 8 nitrogen and oxygen atoms in total. The normalized spacial score (nSPS) is 14.9. The van der Waals surface area contributed by atoms with Crippen molar-refractivity contribution in [3.05, 3.63) is 60.0 Å². The zero-order chi connectivity index (χ0) is 25.2. The third-order valence-corrected chi connectivity index (χ3v) is 5.78. The van der Waals surface area contributed by atoms with Gasteiger partial charge in [0.05, 0.1) is 17.4 Å². The Hall–Kier alpha value is -3.55. The van der Waals surface area contributed by atoms with Gasteiger partial charge < -0.3 is 24.1 Å². The summed E-state index contributed by atoms with van der Waals surface area (Å²) in [5.74, 6) is 0.483. The number of anilines is 1. The van der Waals surface area contributed by atoms with Gasteiger partial charge >= 0.3 is 6.09 Å². The maximum Gasteiger partial charge on any atom is 0.410 e. The van der Waals surface area contributed by atoms with Crippen LogP contribution in [0.15, 0.2) is 48.8 Å². The van der Waals surface area contributed by atoms with Crippen molar-refractivity contribution in [2.24, 2.45) is 0 Å². The van der Waals surface area contributed by atoms with Crippen molar-refractivity contribution >= 4 is 23.3 Å². The number of para-hydroxylation sites is 1. The summed E-state index contributed by atoms with van der Waals surface area (Å²) in [5.41, 5.74) is 2.33. The molecule has 0 saturated carbocycles. The Morgan fingerprint density at radius 2 is 1.77 bits per heavy atom. The van der Waals surface area contributed by atoms with Crippen LogP contribution in [0.3, 0.4) is 0 Å². The molecule has 1 aromatic carbocycles. The number of nitrogens with one attached hydrogen (secondary N) is 1. The maximum atomic E-state index is 13.1. The molecule has 1 aliphatic heterocycles. The number of aromatic nitrogens is 2. The van der Waals surface area contributed by atoms with Crippen LogP contribution in [0.2, 0.25) is 0 Å². The number of carbonyl (C=O) groups excluding carboxylic acids is 2. The van der Waals surface area contributed by atoms with E-state index in [2.05, 4.69) is 5.32 Å². The number of rotatable bonds is 5. The molecule has 2 aromatic heterocycles. The van der Waals surface area contributed by atoms with E-state index in [1.165, 1.54) is 0 Å². The van der Waals surface area contributed by atoms with E-state index in [4.69, 9.17) is 14.5 Å². The minimum Gasteiger partial charge on any atom is -0.490 e. The third kappa shape index (κ3) is 6.12. The van der Waals surface area contributed by atoms with E-state index in [1.54, 1.807) is 11.1 Å². The number of likely N-dealkylation sites (tertiary alicyclic amines) is 1. The number of ether oxygens (including phenoxy) is 2. The third-order valence-electron chi connectivity index (χ3n) is 5.78. The van der Waals surface area contributed by atoms with Crippen molar-refractivity contribution in [1.29, 1.82) is 0 Å². The van der Waals surface area contributed by atoms with Gasteiger partial charge in [0, 0.05) is 43.2 Å². The summed E-state index contributed by atoms with van der Waals surface area (Å²) >= 11 is 0. The Morgan fingerprint density at radius 3 is 2.40 bits per heavy atom. The highest BCUT2D eigenvalue weighted by Crippen LogP contribution is 2.30. The zero-order valence-electron chi connectivity index (χ0n) is 21.1. The average molecular weight is 479 g/mol. The van der Waals surface area contributed by atoms with E-state index in [1.807, 2.05) is 81.6 Å². The molecule has 35 heavy (non-hydrogen) atoms. The molecule has 186 valence electrons. The van der Waals surface area contributed by atoms with Crippen molar-refractivity contribution in [3.8, 4) is 5.75 Å². The molecule has 2 amide bonds. The molecule has 4 rings (SSSR count). The molecular weight excluding hydrogens is 444 g/mol. The summed E-state index contributed by atoms with van der Waals surface area (Å²) in [6.45, 7) is 10.7. The summed E-state index contributed by atoms with van der Waals surface area (Å²) < 4.78 is 13.4. The van der Waals surface area contributed by atoms with Crippen molar-refractivity contribution < 1.29 is 19.1 Å². The molecule has 1 fully saturated rings. The number of nitrogens with zero attached hydrogens (tertiary/aromatic N) is 3. The maximum absolute atomic E-state index is 13.1. The molecule has 0 aliphatic carbocycles. The minimum atomic E-state index is -0.504. The van der Waals surface area contributed by atoms with Gasteiger partial charge in [0.2, 0.25) is 0 Å². The van der Waals surface area contributed by atoms with Crippen LogP contribution in [0, 0.1) is 0 Å². The van der Waals surface area contributed by atoms with Crippen LogP contribution in [-0.2, 0) is 4.74 Å². The fraction of sp³-hybridized carbons (Fsp3) is 0.444. The number of fused-ring (bicyclic) bond motifs is 1. The number of hydrogen-bond acceptors (Lipinski definition) is 5. The lowest BCUT2D eigenvalue weighted by molar-refractivity contribution is 0.0204. The summed E-state index contributed by atoms with van der Waals surface area (Å²) in [6.07, 6.45) is 5.00. The van der Waals surface area contributed by atoms with E-state index in [9.17, 15) is 9.59 Å². The molecule has 0 atom stereocenters. The molecule has 0 unspecified atom stereocenters. The molecule has 0 radical (unpaired) electrons. The lowest BCUT2D eigenvalue weighted by atomic mass is 9.94. The Balaban J connectivity index is 1.53. The molecule has 1 N–H and O–H groups in total. The predicted octanol–water partition coefficient (Wildman–Crippen LogP) is 5.49. The van der Waals surface area contributed by atoms with Crippen LogP contribution in [0.4, 0.5) is 10.5 Å². The molecule has 1 saturated heterocycles. The van der Waals surface area contributed by atoms with Crippen molar-refractivity contribution in [2.45, 2.75) is 65.1 Å². The number of pyridine rings is 1. The van der Waals surface area contributed by atoms with Gasteiger partial charge in [0.1, 0.15) is 17.0 Å². The summed E-state index contributed by atoms with van der Waals surface area (Å²) in [4.78, 5) is 32.1. The number of piperidine rings is 1. The first-order valence-corrected chi connectivity index (χ1v) is 12.1. The fourth-order valence-electron chi connectivity index (χ4n) is 4.16. The first-order chi connectivity index (χ1) is 16.6. The number of benzene rings is 1. The van der Waals surface area contributed by atoms with E-state index in [-0.39, 0.29) is 24.0 Å². The van der Waals surface area contributed by atoms with Gasteiger partial charge in [-0.25, -0.2) is 9.78 Å². The lowest BCUT2D eigenvalue weighted by Gasteiger charge is -2.32. The molecule has 3 aromatic rings. The van der Waals surface area contributed by atoms with Crippen LogP contribution < -0.4 is 10.1 Å². The van der Waals surface area contributed by atoms with E-state index < -0.39 is 5.60 Å². The minimum absolute atomic E-state index is 0.0904. The van der Waals surface area contributed by atoms with Crippen LogP contribution >= 0.6 is 0 Å². The van der Waals surface area contributed by atoms with Crippen LogP contribution in [-0.4, -0.2) is 51.1 Å². The second-order valence-corrected chi connectivity index (χ2v) is 10.2. The van der Waals surface area contributed by atoms with Gasteiger partial charge in [-0.2, -0.15) is 0 Å². The van der Waals surface area contributed by atoms with Gasteiger partial charge in [-0.05, 0) is 59.6 Å². The Bertz CT molecular complexity index is 1190. The number of carbonyl (C=O) groups is 2. The summed E-state index contributed by atoms with van der Waals surface area (Å²) in [7, 11) is 0. The second kappa shape index (κ2) is 9.98. The highest BCUT2D eigenvalue weighted by Gasteiger charge is 2.29. The van der Waals surface area contributed by atoms with Gasteiger partial charge in [-0.1, -0.05) is 18.2 Å². The largest absolute Gasteiger partial charge is 0.490 e. The molecular formula is C27H34N4O4. The van der Waals surface area contributed by atoms with Gasteiger partial charge in [0.25, 0.3) is 5.91 Å². The second-order valence-electron chi connectivity index (χ2n) is 10.2. The fourth-order valence-corrected chi connectivity index (χ4v) is 4.16. The Kier molecular flexibility index (Phi) is 7.00. The first-order valence-electron chi connectivity index (χ1n) is 12.1. The smallest absolute Gasteiger partial charge is 0.410 e. The molecule has 0 spiro atoms. The standard InChI is InChI=1S/C27H34N4O4/c1-18(2)34-23-15-24-29-22(19-11-13-30(14-12-19)26(33)35-27(3,4)5)17-31(24)16-21(23)25(32)28-20-9-7-6-8-10-20/h6-10,15-19H,11-14H2,1-5H3,(H,28,32). The van der Waals surface area contributed by atoms with Crippen molar-refractivity contribution in [2.75, 3.05) is 18.4 Å². The van der Waals surface area contributed by atoms with Gasteiger partial charge in [-0.3, -0.25) is 4.79 Å². The molecule has 8 heteroatoms. The van der Waals surface area contributed by atoms with Crippen molar-refractivity contribution in [1.82, 2.24) is 14.3 Å². The summed E-state index contributed by atoms with van der Waals surface area (Å²) in [6, 6.07) is 11.2. The zero-order valence-corrected chi connectivity index (χ0v) is 21.1. The Labute approximate surface area is 206 Å². The SMILES string of the molecule is CC(C)Oc1cc2nc(C3CCN(C(=O)OC(C)(C)C)CC3)cn2cc1C(=O)Nc1ccccc1. The van der Waals surface area contributed by atoms with Crippen molar-refractivity contribution in [3.63, 3.8) is 0 Å². The lowest BCUT2D eigenvalue weighted by Crippen LogP contribution is -2.41. The van der Waals surface area contributed by atoms with E-state index >= 15 is 0 Å². The number of amides is 2. The number of imidazole rings is 1. The van der Waals surface area contributed by atoms with Gasteiger partial charge in [-0.15, -0.1) is 0 Å². The topological polar surface area (TPSA) is 85.2 Å². The van der Waals surface area contributed by atoms with E-state index in [0.717, 1.165) is 29.9 Å². The highest BCUT2D eigenvalue weighted by atomic mass is 16.6. The predicted molar refractivity (Wildman–Crippen MR) is 135 cm³/mol. The molecule has 1 aliphatic rings. The van der Waals surface area contributed by atoms with Crippen LogP contribution in [0.5, 0.6) is 5.75 Å². The van der Waals surface area contributed by atoms with Gasteiger partial charge in [0.15, 0.2) is 0 Å². The summed E-state index contributed by atoms with van der Waals surface area (Å²) in [5, 5.41) is 2.94. The van der Waals surface area contributed by atoms with Crippen LogP contribution in [0.1, 0.15) is 69.4 Å². The molecule has 3 heterocycles. The monoisotopic (exact) mass is 478 g/mol. The average Bonchev–Trinajstić information content (AvgIpc) is 3.21.